The number of hydrogen-bond donors (Lipinski definition) is 2. The fourth-order valence-electron chi connectivity index (χ4n) is 3.41. The van der Waals surface area contributed by atoms with Gasteiger partial charge in [-0.1, -0.05) is 17.0 Å². The van der Waals surface area contributed by atoms with Crippen LogP contribution in [0.2, 0.25) is 0 Å². The average Bonchev–Trinajstić information content (AvgIpc) is 2.80. The van der Waals surface area contributed by atoms with E-state index in [-0.39, 0.29) is 16.8 Å². The zero-order valence-electron chi connectivity index (χ0n) is 17.5. The van der Waals surface area contributed by atoms with Crippen LogP contribution in [0.15, 0.2) is 53.4 Å². The summed E-state index contributed by atoms with van der Waals surface area (Å²) in [6.07, 6.45) is 0. The van der Waals surface area contributed by atoms with Crippen molar-refractivity contribution in [1.29, 1.82) is 0 Å². The summed E-state index contributed by atoms with van der Waals surface area (Å²) >= 11 is 0. The Kier molecular flexibility index (Phi) is 7.99. The summed E-state index contributed by atoms with van der Waals surface area (Å²) in [5, 5.41) is 2.96. The van der Waals surface area contributed by atoms with Gasteiger partial charge in [0.15, 0.2) is 0 Å². The lowest BCUT2D eigenvalue weighted by Crippen LogP contribution is -2.43. The van der Waals surface area contributed by atoms with Gasteiger partial charge in [0, 0.05) is 25.2 Å². The Morgan fingerprint density at radius 2 is 1.71 bits per heavy atom. The lowest BCUT2D eigenvalue weighted by molar-refractivity contribution is 0.0162. The number of nitrogens with zero attached hydrogens (tertiary/aromatic N) is 1. The number of carbonyl (C=O) groups excluding carboxylic acids is 1. The number of rotatable bonds is 9. The third kappa shape index (κ3) is 6.02. The Bertz CT molecular complexity index is 958. The number of morpholine rings is 1. The maximum atomic E-state index is 12.7. The molecule has 2 N–H and O–H groups in total. The van der Waals surface area contributed by atoms with E-state index in [1.807, 2.05) is 29.2 Å². The molecule has 1 aliphatic heterocycles. The molecule has 1 heterocycles. The van der Waals surface area contributed by atoms with E-state index in [4.69, 9.17) is 9.47 Å². The lowest BCUT2D eigenvalue weighted by atomic mass is 10.0. The van der Waals surface area contributed by atoms with Gasteiger partial charge in [-0.05, 0) is 42.0 Å². The first-order valence-electron chi connectivity index (χ1n) is 9.83. The van der Waals surface area contributed by atoms with Gasteiger partial charge < -0.3 is 14.8 Å². The lowest BCUT2D eigenvalue weighted by Gasteiger charge is -2.35. The molecule has 0 bridgehead atoms. The number of benzene rings is 2. The average molecular weight is 450 g/mol. The van der Waals surface area contributed by atoms with E-state index >= 15 is 0 Å². The van der Waals surface area contributed by atoms with Gasteiger partial charge in [0.1, 0.15) is 5.75 Å². The number of nitrogens with one attached hydrogen (secondary N) is 2. The number of amides is 1. The molecule has 1 aliphatic rings. The molecule has 2 aromatic rings. The van der Waals surface area contributed by atoms with E-state index < -0.39 is 10.0 Å². The first-order chi connectivity index (χ1) is 14.9. The van der Waals surface area contributed by atoms with E-state index in [0.29, 0.717) is 25.3 Å². The van der Waals surface area contributed by atoms with Crippen molar-refractivity contribution >= 4 is 15.9 Å². The van der Waals surface area contributed by atoms with Crippen molar-refractivity contribution in [3.05, 3.63) is 59.7 Å². The van der Waals surface area contributed by atoms with Gasteiger partial charge >= 0.3 is 0 Å². The molecule has 9 nitrogen and oxygen atoms in total. The normalized spacial score (nSPS) is 15.9. The van der Waals surface area contributed by atoms with Crippen molar-refractivity contribution in [2.45, 2.75) is 10.9 Å². The third-order valence-electron chi connectivity index (χ3n) is 5.06. The van der Waals surface area contributed by atoms with Crippen molar-refractivity contribution in [2.24, 2.45) is 0 Å². The molecule has 0 saturated carbocycles. The van der Waals surface area contributed by atoms with Gasteiger partial charge in [0.05, 0.1) is 38.4 Å². The molecule has 31 heavy (non-hydrogen) atoms. The van der Waals surface area contributed by atoms with Crippen LogP contribution in [-0.4, -0.2) is 66.3 Å². The Hall–Kier alpha value is -2.50. The Morgan fingerprint density at radius 1 is 1.06 bits per heavy atom. The highest BCUT2D eigenvalue weighted by Gasteiger charge is 2.23. The number of ether oxygens (including phenoxy) is 2. The molecule has 0 spiro atoms. The summed E-state index contributed by atoms with van der Waals surface area (Å²) in [7, 11) is -0.931. The zero-order valence-corrected chi connectivity index (χ0v) is 18.4. The maximum Gasteiger partial charge on any atom is 0.262 e. The standard InChI is InChI=1S/C21H27N3O6S/c1-28-18-7-3-16(4-8-18)20(24-11-13-30-14-12-24)15-22-21(25)17-5-9-19(10-6-17)31(26,27)23-29-2/h3-10,20,23H,11-15H2,1-2H3,(H,22,25). The summed E-state index contributed by atoms with van der Waals surface area (Å²) in [6, 6.07) is 13.4. The topological polar surface area (TPSA) is 106 Å². The molecule has 1 saturated heterocycles. The predicted molar refractivity (Wildman–Crippen MR) is 114 cm³/mol. The summed E-state index contributed by atoms with van der Waals surface area (Å²) in [4.78, 5) is 21.4. The van der Waals surface area contributed by atoms with Crippen LogP contribution >= 0.6 is 0 Å². The van der Waals surface area contributed by atoms with Crippen molar-refractivity contribution < 1.29 is 27.5 Å². The molecule has 1 fully saturated rings. The van der Waals surface area contributed by atoms with Crippen molar-refractivity contribution in [2.75, 3.05) is 47.1 Å². The molecule has 0 aliphatic carbocycles. The molecule has 0 aromatic heterocycles. The fraction of sp³-hybridized carbons (Fsp3) is 0.381. The molecule has 168 valence electrons. The molecule has 1 atom stereocenters. The minimum Gasteiger partial charge on any atom is -0.497 e. The summed E-state index contributed by atoms with van der Waals surface area (Å²) in [6.45, 7) is 3.23. The summed E-state index contributed by atoms with van der Waals surface area (Å²) < 4.78 is 34.6. The number of methoxy groups -OCH3 is 1. The monoisotopic (exact) mass is 449 g/mol. The highest BCUT2D eigenvalue weighted by molar-refractivity contribution is 7.89. The number of sulfonamides is 1. The van der Waals surface area contributed by atoms with Crippen molar-refractivity contribution in [3.63, 3.8) is 0 Å². The van der Waals surface area contributed by atoms with Crippen LogP contribution in [0.4, 0.5) is 0 Å². The first-order valence-corrected chi connectivity index (χ1v) is 11.3. The summed E-state index contributed by atoms with van der Waals surface area (Å²) in [5.41, 5.74) is 1.43. The molecule has 1 amide bonds. The number of hydrogen-bond acceptors (Lipinski definition) is 7. The van der Waals surface area contributed by atoms with Gasteiger partial charge in [0.2, 0.25) is 0 Å². The third-order valence-corrected chi connectivity index (χ3v) is 6.34. The minimum atomic E-state index is -3.77. The first kappa shape index (κ1) is 23.2. The maximum absolute atomic E-state index is 12.7. The van der Waals surface area contributed by atoms with Crippen molar-refractivity contribution in [1.82, 2.24) is 15.1 Å². The number of carbonyl (C=O) groups is 1. The van der Waals surface area contributed by atoms with E-state index in [0.717, 1.165) is 24.4 Å². The van der Waals surface area contributed by atoms with Gasteiger partial charge in [-0.3, -0.25) is 14.5 Å². The van der Waals surface area contributed by atoms with Crippen LogP contribution in [0.1, 0.15) is 22.0 Å². The molecule has 0 radical (unpaired) electrons. The second kappa shape index (κ2) is 10.7. The molecule has 1 unspecified atom stereocenters. The summed E-state index contributed by atoms with van der Waals surface area (Å²) in [5.74, 6) is 0.488. The van der Waals surface area contributed by atoms with E-state index in [1.165, 1.54) is 31.4 Å². The molecule has 2 aromatic carbocycles. The molecule has 10 heteroatoms. The Balaban J connectivity index is 1.70. The highest BCUT2D eigenvalue weighted by Crippen LogP contribution is 2.24. The van der Waals surface area contributed by atoms with Gasteiger partial charge in [-0.2, -0.15) is 0 Å². The van der Waals surface area contributed by atoms with Crippen LogP contribution in [0.3, 0.4) is 0 Å². The van der Waals surface area contributed by atoms with Crippen LogP contribution in [0, 0.1) is 0 Å². The van der Waals surface area contributed by atoms with Crippen LogP contribution in [0.25, 0.3) is 0 Å². The van der Waals surface area contributed by atoms with Crippen LogP contribution in [-0.2, 0) is 19.6 Å². The smallest absolute Gasteiger partial charge is 0.262 e. The zero-order chi connectivity index (χ0) is 22.3. The van der Waals surface area contributed by atoms with Crippen LogP contribution < -0.4 is 14.9 Å². The van der Waals surface area contributed by atoms with Crippen molar-refractivity contribution in [3.8, 4) is 5.75 Å². The van der Waals surface area contributed by atoms with E-state index in [2.05, 4.69) is 15.1 Å². The van der Waals surface area contributed by atoms with Gasteiger partial charge in [0.25, 0.3) is 15.9 Å². The van der Waals surface area contributed by atoms with Crippen LogP contribution in [0.5, 0.6) is 5.75 Å². The highest BCUT2D eigenvalue weighted by atomic mass is 32.2. The Labute approximate surface area is 182 Å². The largest absolute Gasteiger partial charge is 0.497 e. The second-order valence-electron chi connectivity index (χ2n) is 6.96. The molecule has 3 rings (SSSR count). The predicted octanol–water partition coefficient (Wildman–Crippen LogP) is 1.34. The second-order valence-corrected chi connectivity index (χ2v) is 8.61. The van der Waals surface area contributed by atoms with E-state index in [1.54, 1.807) is 7.11 Å². The molecular weight excluding hydrogens is 422 g/mol. The van der Waals surface area contributed by atoms with Gasteiger partial charge in [-0.15, -0.1) is 0 Å². The molecular formula is C21H27N3O6S. The SMILES string of the molecule is CONS(=O)(=O)c1ccc(C(=O)NCC(c2ccc(OC)cc2)N2CCOCC2)cc1. The van der Waals surface area contributed by atoms with E-state index in [9.17, 15) is 13.2 Å². The van der Waals surface area contributed by atoms with Gasteiger partial charge in [-0.25, -0.2) is 8.42 Å². The Morgan fingerprint density at radius 3 is 2.29 bits per heavy atom. The quantitative estimate of drug-likeness (QED) is 0.557. The fourth-order valence-corrected chi connectivity index (χ4v) is 4.22. The minimum absolute atomic E-state index is 0.00956.